The van der Waals surface area contributed by atoms with Crippen molar-refractivity contribution in [3.63, 3.8) is 0 Å². The second-order valence-electron chi connectivity index (χ2n) is 4.06. The Labute approximate surface area is 97.1 Å². The lowest BCUT2D eigenvalue weighted by Gasteiger charge is -2.13. The Morgan fingerprint density at radius 3 is 2.06 bits per heavy atom. The summed E-state index contributed by atoms with van der Waals surface area (Å²) in [5, 5.41) is 3.44. The Morgan fingerprint density at radius 1 is 0.875 bits per heavy atom. The first-order chi connectivity index (χ1) is 7.86. The minimum Gasteiger partial charge on any atom is -0.384 e. The summed E-state index contributed by atoms with van der Waals surface area (Å²) >= 11 is 0. The summed E-state index contributed by atoms with van der Waals surface area (Å²) in [6, 6.07) is 20.9. The van der Waals surface area contributed by atoms with E-state index in [1.165, 1.54) is 11.3 Å². The first-order valence-electron chi connectivity index (χ1n) is 5.70. The van der Waals surface area contributed by atoms with Crippen LogP contribution in [0.25, 0.3) is 0 Å². The zero-order chi connectivity index (χ0) is 11.2. The summed E-state index contributed by atoms with van der Waals surface area (Å²) in [6.07, 6.45) is 0. The van der Waals surface area contributed by atoms with Crippen LogP contribution in [0.4, 0.5) is 5.69 Å². The number of benzene rings is 2. The van der Waals surface area contributed by atoms with Crippen LogP contribution in [0.3, 0.4) is 0 Å². The Bertz CT molecular complexity index is 408. The fraction of sp³-hybridized carbons (Fsp3) is 0.200. The molecule has 1 heteroatoms. The standard InChI is InChI=1S/C15H17N/c1-13(14-8-4-2-5-9-14)12-16-15-10-6-3-7-11-15/h2-11,13,16H,12H2,1H3/t13-/m1/s1. The highest BCUT2D eigenvalue weighted by Crippen LogP contribution is 2.15. The SMILES string of the molecule is C[C@H](CNc1ccccc1)c1ccccc1. The Hall–Kier alpha value is -1.76. The van der Waals surface area contributed by atoms with Crippen molar-refractivity contribution in [1.29, 1.82) is 0 Å². The normalized spacial score (nSPS) is 12.1. The third-order valence-electron chi connectivity index (χ3n) is 2.75. The van der Waals surface area contributed by atoms with Gasteiger partial charge in [-0.15, -0.1) is 0 Å². The molecule has 0 unspecified atom stereocenters. The summed E-state index contributed by atoms with van der Waals surface area (Å²) in [4.78, 5) is 0. The molecule has 16 heavy (non-hydrogen) atoms. The fourth-order valence-corrected chi connectivity index (χ4v) is 1.73. The summed E-state index contributed by atoms with van der Waals surface area (Å²) in [7, 11) is 0. The molecule has 0 saturated carbocycles. The van der Waals surface area contributed by atoms with E-state index in [4.69, 9.17) is 0 Å². The maximum absolute atomic E-state index is 3.44. The van der Waals surface area contributed by atoms with Crippen LogP contribution in [0.2, 0.25) is 0 Å². The highest BCUT2D eigenvalue weighted by Gasteiger charge is 2.03. The van der Waals surface area contributed by atoms with E-state index >= 15 is 0 Å². The minimum atomic E-state index is 0.529. The van der Waals surface area contributed by atoms with Crippen molar-refractivity contribution in [1.82, 2.24) is 0 Å². The molecule has 0 amide bonds. The molecular weight excluding hydrogens is 194 g/mol. The van der Waals surface area contributed by atoms with Crippen molar-refractivity contribution in [2.75, 3.05) is 11.9 Å². The van der Waals surface area contributed by atoms with E-state index in [0.29, 0.717) is 5.92 Å². The van der Waals surface area contributed by atoms with Crippen molar-refractivity contribution < 1.29 is 0 Å². The largest absolute Gasteiger partial charge is 0.384 e. The van der Waals surface area contributed by atoms with E-state index in [2.05, 4.69) is 66.8 Å². The lowest BCUT2D eigenvalue weighted by molar-refractivity contribution is 0.805. The summed E-state index contributed by atoms with van der Waals surface area (Å²) in [5.41, 5.74) is 2.57. The van der Waals surface area contributed by atoms with Crippen LogP contribution < -0.4 is 5.32 Å². The van der Waals surface area contributed by atoms with Gasteiger partial charge >= 0.3 is 0 Å². The van der Waals surface area contributed by atoms with Gasteiger partial charge in [0.05, 0.1) is 0 Å². The summed E-state index contributed by atoms with van der Waals surface area (Å²) in [5.74, 6) is 0.529. The van der Waals surface area contributed by atoms with Gasteiger partial charge in [0.25, 0.3) is 0 Å². The average Bonchev–Trinajstić information content (AvgIpc) is 2.38. The molecule has 0 radical (unpaired) electrons. The number of hydrogen-bond donors (Lipinski definition) is 1. The van der Waals surface area contributed by atoms with Crippen LogP contribution in [0.15, 0.2) is 60.7 Å². The van der Waals surface area contributed by atoms with Crippen LogP contribution in [0.1, 0.15) is 18.4 Å². The molecule has 0 spiro atoms. The maximum atomic E-state index is 3.44. The van der Waals surface area contributed by atoms with E-state index < -0.39 is 0 Å². The third-order valence-corrected chi connectivity index (χ3v) is 2.75. The predicted octanol–water partition coefficient (Wildman–Crippen LogP) is 3.90. The monoisotopic (exact) mass is 211 g/mol. The highest BCUT2D eigenvalue weighted by atomic mass is 14.9. The Morgan fingerprint density at radius 2 is 1.44 bits per heavy atom. The van der Waals surface area contributed by atoms with Gasteiger partial charge in [0, 0.05) is 12.2 Å². The zero-order valence-electron chi connectivity index (χ0n) is 9.56. The number of nitrogens with one attached hydrogen (secondary N) is 1. The molecule has 1 atom stereocenters. The molecule has 0 saturated heterocycles. The van der Waals surface area contributed by atoms with E-state index in [1.54, 1.807) is 0 Å². The molecule has 82 valence electrons. The smallest absolute Gasteiger partial charge is 0.0340 e. The predicted molar refractivity (Wildman–Crippen MR) is 69.8 cm³/mol. The lowest BCUT2D eigenvalue weighted by atomic mass is 10.0. The van der Waals surface area contributed by atoms with Gasteiger partial charge in [0.1, 0.15) is 0 Å². The quantitative estimate of drug-likeness (QED) is 0.808. The van der Waals surface area contributed by atoms with Gasteiger partial charge in [-0.3, -0.25) is 0 Å². The topological polar surface area (TPSA) is 12.0 Å². The molecule has 0 bridgehead atoms. The van der Waals surface area contributed by atoms with E-state index in [1.807, 2.05) is 6.07 Å². The van der Waals surface area contributed by atoms with Crippen LogP contribution >= 0.6 is 0 Å². The van der Waals surface area contributed by atoms with E-state index in [-0.39, 0.29) is 0 Å². The summed E-state index contributed by atoms with van der Waals surface area (Å²) in [6.45, 7) is 3.21. The fourth-order valence-electron chi connectivity index (χ4n) is 1.73. The van der Waals surface area contributed by atoms with Crippen LogP contribution in [0.5, 0.6) is 0 Å². The Kier molecular flexibility index (Phi) is 3.60. The third kappa shape index (κ3) is 2.86. The van der Waals surface area contributed by atoms with E-state index in [0.717, 1.165) is 6.54 Å². The van der Waals surface area contributed by atoms with Gasteiger partial charge in [-0.1, -0.05) is 55.5 Å². The second-order valence-corrected chi connectivity index (χ2v) is 4.06. The lowest BCUT2D eigenvalue weighted by Crippen LogP contribution is -2.09. The molecule has 2 aromatic rings. The molecule has 0 heterocycles. The average molecular weight is 211 g/mol. The first kappa shape index (κ1) is 10.7. The first-order valence-corrected chi connectivity index (χ1v) is 5.70. The van der Waals surface area contributed by atoms with Crippen molar-refractivity contribution in [2.45, 2.75) is 12.8 Å². The number of para-hydroxylation sites is 1. The van der Waals surface area contributed by atoms with Crippen molar-refractivity contribution in [3.8, 4) is 0 Å². The molecule has 1 N–H and O–H groups in total. The summed E-state index contributed by atoms with van der Waals surface area (Å²) < 4.78 is 0. The number of anilines is 1. The maximum Gasteiger partial charge on any atom is 0.0340 e. The van der Waals surface area contributed by atoms with Crippen molar-refractivity contribution in [2.24, 2.45) is 0 Å². The van der Waals surface area contributed by atoms with Crippen LogP contribution in [-0.2, 0) is 0 Å². The molecule has 0 aliphatic rings. The highest BCUT2D eigenvalue weighted by molar-refractivity contribution is 5.42. The zero-order valence-corrected chi connectivity index (χ0v) is 9.56. The molecule has 0 aliphatic carbocycles. The number of hydrogen-bond acceptors (Lipinski definition) is 1. The van der Waals surface area contributed by atoms with Gasteiger partial charge in [-0.05, 0) is 23.6 Å². The van der Waals surface area contributed by atoms with Crippen LogP contribution in [0, 0.1) is 0 Å². The molecule has 2 aromatic carbocycles. The van der Waals surface area contributed by atoms with Gasteiger partial charge in [0.15, 0.2) is 0 Å². The second kappa shape index (κ2) is 5.36. The van der Waals surface area contributed by atoms with Gasteiger partial charge in [-0.25, -0.2) is 0 Å². The molecule has 2 rings (SSSR count). The molecule has 0 aliphatic heterocycles. The molecule has 1 nitrogen and oxygen atoms in total. The van der Waals surface area contributed by atoms with Gasteiger partial charge in [0.2, 0.25) is 0 Å². The minimum absolute atomic E-state index is 0.529. The van der Waals surface area contributed by atoms with Crippen molar-refractivity contribution >= 4 is 5.69 Å². The number of rotatable bonds is 4. The molecular formula is C15H17N. The van der Waals surface area contributed by atoms with Crippen LogP contribution in [-0.4, -0.2) is 6.54 Å². The van der Waals surface area contributed by atoms with Gasteiger partial charge < -0.3 is 5.32 Å². The molecule has 0 fully saturated rings. The van der Waals surface area contributed by atoms with Gasteiger partial charge in [-0.2, -0.15) is 0 Å². The molecule has 0 aromatic heterocycles. The van der Waals surface area contributed by atoms with Crippen molar-refractivity contribution in [3.05, 3.63) is 66.2 Å². The van der Waals surface area contributed by atoms with E-state index in [9.17, 15) is 0 Å². The Balaban J connectivity index is 1.92.